The first-order chi connectivity index (χ1) is 25.4. The van der Waals surface area contributed by atoms with E-state index >= 15 is 0 Å². The van der Waals surface area contributed by atoms with Gasteiger partial charge in [0.25, 0.3) is 0 Å². The Hall–Kier alpha value is -4.65. The Labute approximate surface area is 316 Å². The topological polar surface area (TPSA) is 111 Å². The van der Waals surface area contributed by atoms with Gasteiger partial charge in [0.1, 0.15) is 12.4 Å². The van der Waals surface area contributed by atoms with Gasteiger partial charge in [-0.15, -0.1) is 21.5 Å². The lowest BCUT2D eigenvalue weighted by atomic mass is 9.84. The summed E-state index contributed by atoms with van der Waals surface area (Å²) in [5, 5.41) is 15.5. The lowest BCUT2D eigenvalue weighted by Gasteiger charge is -2.22. The molecule has 0 saturated heterocycles. The summed E-state index contributed by atoms with van der Waals surface area (Å²) in [5.41, 5.74) is 6.71. The summed E-state index contributed by atoms with van der Waals surface area (Å²) in [5.74, 6) is 2.25. The fraction of sp³-hybridized carbons (Fsp3) is 0.275. The molecule has 12 heteroatoms. The normalized spacial score (nSPS) is 13.3. The largest absolute Gasteiger partial charge is 0.486 e. The van der Waals surface area contributed by atoms with Crippen LogP contribution in [0.2, 0.25) is 0 Å². The molecule has 1 aliphatic carbocycles. The van der Waals surface area contributed by atoms with E-state index in [4.69, 9.17) is 4.74 Å². The number of thioether (sulfide) groups is 2. The van der Waals surface area contributed by atoms with Crippen molar-refractivity contribution in [1.29, 1.82) is 0 Å². The molecular weight excluding hydrogens is 709 g/mol. The Balaban J connectivity index is 0.952. The van der Waals surface area contributed by atoms with Crippen LogP contribution in [0, 0.1) is 13.8 Å². The average Bonchev–Trinajstić information content (AvgIpc) is 3.78. The molecule has 2 amide bonds. The first-order valence-electron chi connectivity index (χ1n) is 17.4. The van der Waals surface area contributed by atoms with E-state index in [1.54, 1.807) is 0 Å². The van der Waals surface area contributed by atoms with Gasteiger partial charge in [0.05, 0.1) is 21.7 Å². The van der Waals surface area contributed by atoms with Gasteiger partial charge in [0.15, 0.2) is 15.3 Å². The summed E-state index contributed by atoms with van der Waals surface area (Å²) < 4.78 is 9.84. The lowest BCUT2D eigenvalue weighted by Crippen LogP contribution is -2.15. The van der Waals surface area contributed by atoms with Crippen molar-refractivity contribution in [2.75, 3.05) is 22.1 Å². The van der Waals surface area contributed by atoms with Gasteiger partial charge < -0.3 is 15.4 Å². The Bertz CT molecular complexity index is 2140. The number of nitrogens with one attached hydrogen (secondary N) is 2. The standard InChI is InChI=1S/C40H40N6O3S3/c1-26-10-9-11-27(2)38(26)43-37(48)25-51-40-42-33-21-18-30(22-34(33)52-40)41-36(47)24-50-39-45-44-35(46(39)31-14-7-4-8-15-31)23-49-32-19-16-29(17-20-32)28-12-5-3-6-13-28/h4,7-11,14-22,28H,3,5-6,12-13,23-25H2,1-2H3,(H,41,47)(H,43,48). The number of aromatic nitrogens is 4. The summed E-state index contributed by atoms with van der Waals surface area (Å²) in [6.45, 7) is 4.21. The monoisotopic (exact) mass is 748 g/mol. The zero-order valence-corrected chi connectivity index (χ0v) is 31.6. The summed E-state index contributed by atoms with van der Waals surface area (Å²) in [4.78, 5) is 30.5. The molecule has 0 atom stereocenters. The highest BCUT2D eigenvalue weighted by Gasteiger charge is 2.19. The maximum absolute atomic E-state index is 13.1. The molecule has 1 aliphatic rings. The molecule has 0 radical (unpaired) electrons. The third-order valence-corrected chi connectivity index (χ3v) is 12.2. The second-order valence-electron chi connectivity index (χ2n) is 12.9. The van der Waals surface area contributed by atoms with Crippen LogP contribution >= 0.6 is 34.9 Å². The molecule has 52 heavy (non-hydrogen) atoms. The Morgan fingerprint density at radius 2 is 1.56 bits per heavy atom. The van der Waals surface area contributed by atoms with Crippen molar-refractivity contribution in [3.8, 4) is 11.4 Å². The third kappa shape index (κ3) is 8.86. The molecule has 0 bridgehead atoms. The fourth-order valence-electron chi connectivity index (χ4n) is 6.43. The van der Waals surface area contributed by atoms with E-state index in [0.717, 1.165) is 42.8 Å². The number of benzene rings is 4. The number of ether oxygens (including phenoxy) is 1. The number of para-hydroxylation sites is 2. The van der Waals surface area contributed by atoms with E-state index in [9.17, 15) is 9.59 Å². The van der Waals surface area contributed by atoms with E-state index in [1.165, 1.54) is 72.5 Å². The van der Waals surface area contributed by atoms with Crippen LogP contribution in [0.25, 0.3) is 15.9 Å². The van der Waals surface area contributed by atoms with E-state index in [-0.39, 0.29) is 29.9 Å². The molecule has 6 aromatic rings. The molecule has 0 unspecified atom stereocenters. The van der Waals surface area contributed by atoms with Crippen LogP contribution in [-0.2, 0) is 16.2 Å². The maximum atomic E-state index is 13.1. The molecule has 4 aromatic carbocycles. The molecule has 9 nitrogen and oxygen atoms in total. The number of carbonyl (C=O) groups excluding carboxylic acids is 2. The van der Waals surface area contributed by atoms with Crippen molar-refractivity contribution in [3.05, 3.63) is 114 Å². The number of hydrogen-bond donors (Lipinski definition) is 2. The molecule has 2 aromatic heterocycles. The Kier molecular flexibility index (Phi) is 11.5. The van der Waals surface area contributed by atoms with Gasteiger partial charge in [-0.25, -0.2) is 4.98 Å². The van der Waals surface area contributed by atoms with E-state index in [2.05, 4.69) is 37.9 Å². The average molecular weight is 749 g/mol. The molecular formula is C40H40N6O3S3. The highest BCUT2D eigenvalue weighted by Crippen LogP contribution is 2.34. The molecule has 2 N–H and O–H groups in total. The van der Waals surface area contributed by atoms with Gasteiger partial charge in [0.2, 0.25) is 11.8 Å². The van der Waals surface area contributed by atoms with Crippen molar-refractivity contribution < 1.29 is 14.3 Å². The summed E-state index contributed by atoms with van der Waals surface area (Å²) in [7, 11) is 0. The second kappa shape index (κ2) is 16.8. The first kappa shape index (κ1) is 35.7. The fourth-order valence-corrected chi connectivity index (χ4v) is 9.11. The number of nitrogens with zero attached hydrogens (tertiary/aromatic N) is 4. The van der Waals surface area contributed by atoms with E-state index in [0.29, 0.717) is 22.6 Å². The summed E-state index contributed by atoms with van der Waals surface area (Å²) in [6, 6.07) is 29.9. The van der Waals surface area contributed by atoms with Gasteiger partial charge in [-0.3, -0.25) is 14.2 Å². The molecule has 2 heterocycles. The molecule has 0 aliphatic heterocycles. The minimum Gasteiger partial charge on any atom is -0.486 e. The zero-order chi connectivity index (χ0) is 35.9. The third-order valence-electron chi connectivity index (χ3n) is 9.10. The van der Waals surface area contributed by atoms with Crippen molar-refractivity contribution in [2.24, 2.45) is 0 Å². The van der Waals surface area contributed by atoms with Gasteiger partial charge in [-0.05, 0) is 91.8 Å². The number of hydrogen-bond acceptors (Lipinski definition) is 9. The Morgan fingerprint density at radius 3 is 2.33 bits per heavy atom. The summed E-state index contributed by atoms with van der Waals surface area (Å²) >= 11 is 4.22. The number of anilines is 2. The number of carbonyl (C=O) groups is 2. The van der Waals surface area contributed by atoms with Crippen LogP contribution in [-0.4, -0.2) is 43.1 Å². The van der Waals surface area contributed by atoms with Crippen LogP contribution in [0.15, 0.2) is 100 Å². The van der Waals surface area contributed by atoms with Gasteiger partial charge in [-0.2, -0.15) is 0 Å². The highest BCUT2D eigenvalue weighted by atomic mass is 32.2. The minimum atomic E-state index is -0.162. The molecule has 0 spiro atoms. The van der Waals surface area contributed by atoms with Crippen LogP contribution in [0.5, 0.6) is 5.75 Å². The Morgan fingerprint density at radius 1 is 0.827 bits per heavy atom. The second-order valence-corrected chi connectivity index (χ2v) is 16.1. The van der Waals surface area contributed by atoms with Crippen molar-refractivity contribution >= 4 is 68.3 Å². The number of rotatable bonds is 13. The van der Waals surface area contributed by atoms with Crippen molar-refractivity contribution in [3.63, 3.8) is 0 Å². The number of aryl methyl sites for hydroxylation is 2. The number of fused-ring (bicyclic) bond motifs is 1. The SMILES string of the molecule is Cc1cccc(C)c1NC(=O)CSc1nc2ccc(NC(=O)CSc3nnc(COc4ccc(C5CCCCC5)cc4)n3-c3ccccc3)cc2s1. The van der Waals surface area contributed by atoms with E-state index < -0.39 is 0 Å². The number of amides is 2. The molecule has 266 valence electrons. The predicted octanol–water partition coefficient (Wildman–Crippen LogP) is 9.58. The van der Waals surface area contributed by atoms with Gasteiger partial charge >= 0.3 is 0 Å². The maximum Gasteiger partial charge on any atom is 0.234 e. The summed E-state index contributed by atoms with van der Waals surface area (Å²) in [6.07, 6.45) is 6.48. The first-order valence-corrected chi connectivity index (χ1v) is 20.2. The van der Waals surface area contributed by atoms with Crippen LogP contribution in [0.4, 0.5) is 11.4 Å². The predicted molar refractivity (Wildman–Crippen MR) is 212 cm³/mol. The smallest absolute Gasteiger partial charge is 0.234 e. The van der Waals surface area contributed by atoms with Crippen LogP contribution < -0.4 is 15.4 Å². The van der Waals surface area contributed by atoms with Crippen LogP contribution in [0.1, 0.15) is 60.5 Å². The zero-order valence-electron chi connectivity index (χ0n) is 29.1. The molecule has 7 rings (SSSR count). The van der Waals surface area contributed by atoms with Crippen molar-refractivity contribution in [2.45, 2.75) is 68.0 Å². The van der Waals surface area contributed by atoms with Gasteiger partial charge in [0, 0.05) is 17.1 Å². The quantitative estimate of drug-likeness (QED) is 0.112. The van der Waals surface area contributed by atoms with Gasteiger partial charge in [-0.1, -0.05) is 91.3 Å². The lowest BCUT2D eigenvalue weighted by molar-refractivity contribution is -0.114. The molecule has 1 saturated carbocycles. The van der Waals surface area contributed by atoms with E-state index in [1.807, 2.05) is 97.3 Å². The van der Waals surface area contributed by atoms with Crippen LogP contribution in [0.3, 0.4) is 0 Å². The minimum absolute atomic E-state index is 0.0748. The van der Waals surface area contributed by atoms with Crippen molar-refractivity contribution in [1.82, 2.24) is 19.7 Å². The molecule has 1 fully saturated rings. The number of thiazole rings is 1. The highest BCUT2D eigenvalue weighted by molar-refractivity contribution is 8.01.